The normalized spacial score (nSPS) is 10.8. The highest BCUT2D eigenvalue weighted by molar-refractivity contribution is 7.20. The zero-order valence-corrected chi connectivity index (χ0v) is 15.7. The second-order valence-electron chi connectivity index (χ2n) is 6.50. The summed E-state index contributed by atoms with van der Waals surface area (Å²) in [6.07, 6.45) is 0. The van der Waals surface area contributed by atoms with E-state index in [4.69, 9.17) is 5.21 Å². The van der Waals surface area contributed by atoms with Crippen LogP contribution < -0.4 is 10.8 Å². The Morgan fingerprint density at radius 3 is 2.41 bits per heavy atom. The van der Waals surface area contributed by atoms with Crippen molar-refractivity contribution in [2.75, 3.05) is 0 Å². The molecule has 0 aliphatic heterocycles. The van der Waals surface area contributed by atoms with Crippen molar-refractivity contribution in [2.45, 2.75) is 19.4 Å². The first-order valence-corrected chi connectivity index (χ1v) is 9.08. The number of hydrogen-bond donors (Lipinski definition) is 3. The molecule has 0 saturated heterocycles. The molecule has 0 aliphatic rings. The lowest BCUT2D eigenvalue weighted by Crippen LogP contribution is -2.41. The maximum Gasteiger partial charge on any atom is 0.274 e. The van der Waals surface area contributed by atoms with Gasteiger partial charge in [-0.05, 0) is 55.6 Å². The molecule has 2 amide bonds. The molecule has 3 rings (SSSR count). The summed E-state index contributed by atoms with van der Waals surface area (Å²) in [5, 5.41) is 12.6. The summed E-state index contributed by atoms with van der Waals surface area (Å²) in [5.41, 5.74) is 1.89. The Hall–Kier alpha value is -3.14. The van der Waals surface area contributed by atoms with Crippen LogP contribution in [0.1, 0.15) is 39.4 Å². The number of hydroxylamine groups is 1. The summed E-state index contributed by atoms with van der Waals surface area (Å²) in [6, 6.07) is 16.2. The lowest BCUT2D eigenvalue weighted by Gasteiger charge is -2.19. The third kappa shape index (κ3) is 4.53. The minimum absolute atomic E-state index is 0.162. The molecule has 3 aromatic rings. The van der Waals surface area contributed by atoms with Gasteiger partial charge in [0.15, 0.2) is 0 Å². The molecule has 0 unspecified atom stereocenters. The van der Waals surface area contributed by atoms with E-state index in [0.717, 1.165) is 10.1 Å². The second-order valence-corrected chi connectivity index (χ2v) is 7.58. The molecule has 5 nitrogen and oxygen atoms in total. The van der Waals surface area contributed by atoms with E-state index < -0.39 is 11.4 Å². The summed E-state index contributed by atoms with van der Waals surface area (Å²) in [5.74, 6) is 5.30. The number of thiophene rings is 1. The number of fused-ring (bicyclic) bond motifs is 1. The molecule has 1 aromatic heterocycles. The number of hydrogen-bond acceptors (Lipinski definition) is 4. The monoisotopic (exact) mass is 378 g/mol. The number of carbonyl (C=O) groups is 2. The fraction of sp³-hybridized carbons (Fsp3) is 0.143. The molecule has 0 bridgehead atoms. The average molecular weight is 378 g/mol. The Bertz CT molecular complexity index is 1020. The third-order valence-corrected chi connectivity index (χ3v) is 4.96. The topological polar surface area (TPSA) is 78.4 Å². The van der Waals surface area contributed by atoms with Gasteiger partial charge >= 0.3 is 0 Å². The van der Waals surface area contributed by atoms with E-state index >= 15 is 0 Å². The fourth-order valence-corrected chi connectivity index (χ4v) is 3.43. The molecule has 0 radical (unpaired) electrons. The van der Waals surface area contributed by atoms with Crippen molar-refractivity contribution >= 4 is 33.2 Å². The van der Waals surface area contributed by atoms with Crippen LogP contribution in [0.15, 0.2) is 54.6 Å². The summed E-state index contributed by atoms with van der Waals surface area (Å²) in [7, 11) is 0. The van der Waals surface area contributed by atoms with E-state index in [0.29, 0.717) is 16.0 Å². The van der Waals surface area contributed by atoms with Crippen LogP contribution in [0.4, 0.5) is 0 Å². The Morgan fingerprint density at radius 1 is 1.04 bits per heavy atom. The lowest BCUT2D eigenvalue weighted by molar-refractivity contribution is 0.0706. The van der Waals surface area contributed by atoms with Crippen LogP contribution in [-0.4, -0.2) is 22.6 Å². The molecule has 0 fully saturated rings. The zero-order valence-electron chi connectivity index (χ0n) is 14.9. The molecule has 1 heterocycles. The Labute approximate surface area is 161 Å². The average Bonchev–Trinajstić information content (AvgIpc) is 3.10. The van der Waals surface area contributed by atoms with Crippen molar-refractivity contribution in [1.82, 2.24) is 10.8 Å². The van der Waals surface area contributed by atoms with Crippen molar-refractivity contribution in [2.24, 2.45) is 0 Å². The van der Waals surface area contributed by atoms with E-state index in [2.05, 4.69) is 17.2 Å². The smallest absolute Gasteiger partial charge is 0.274 e. The van der Waals surface area contributed by atoms with Crippen molar-refractivity contribution in [1.29, 1.82) is 0 Å². The van der Waals surface area contributed by atoms with E-state index in [1.807, 2.05) is 44.2 Å². The van der Waals surface area contributed by atoms with Crippen molar-refractivity contribution in [3.8, 4) is 11.8 Å². The number of carbonyl (C=O) groups excluding carboxylic acids is 2. The highest BCUT2D eigenvalue weighted by atomic mass is 32.1. The standard InChI is InChI=1S/C21H18N2O3S/c1-21(2,12-11-14-7-9-15(10-8-14)19(24)23-26)22-20(25)18-13-16-5-3-4-6-17(16)27-18/h3-10,13,26H,1-2H3,(H,22,25)(H,23,24). The second kappa shape index (κ2) is 7.62. The van der Waals surface area contributed by atoms with E-state index in [-0.39, 0.29) is 5.91 Å². The molecule has 3 N–H and O–H groups in total. The predicted molar refractivity (Wildman–Crippen MR) is 106 cm³/mol. The summed E-state index contributed by atoms with van der Waals surface area (Å²) in [6.45, 7) is 3.66. The molecule has 0 spiro atoms. The highest BCUT2D eigenvalue weighted by Crippen LogP contribution is 2.25. The van der Waals surface area contributed by atoms with Gasteiger partial charge in [-0.3, -0.25) is 14.8 Å². The van der Waals surface area contributed by atoms with Gasteiger partial charge in [-0.25, -0.2) is 5.48 Å². The van der Waals surface area contributed by atoms with E-state index in [9.17, 15) is 9.59 Å². The molecular formula is C21H18N2O3S. The van der Waals surface area contributed by atoms with Gasteiger partial charge in [0, 0.05) is 15.8 Å². The van der Waals surface area contributed by atoms with Crippen LogP contribution in [-0.2, 0) is 0 Å². The maximum absolute atomic E-state index is 12.6. The quantitative estimate of drug-likeness (QED) is 0.370. The van der Waals surface area contributed by atoms with Crippen molar-refractivity contribution in [3.63, 3.8) is 0 Å². The van der Waals surface area contributed by atoms with Crippen LogP contribution in [0, 0.1) is 11.8 Å². The Balaban J connectivity index is 1.72. The largest absolute Gasteiger partial charge is 0.336 e. The van der Waals surface area contributed by atoms with Gasteiger partial charge in [-0.1, -0.05) is 30.0 Å². The predicted octanol–water partition coefficient (Wildman–Crippen LogP) is 3.58. The maximum atomic E-state index is 12.6. The SMILES string of the molecule is CC(C)(C#Cc1ccc(C(=O)NO)cc1)NC(=O)c1cc2ccccc2s1. The van der Waals surface area contributed by atoms with E-state index in [1.165, 1.54) is 11.3 Å². The first-order valence-electron chi connectivity index (χ1n) is 8.27. The van der Waals surface area contributed by atoms with Gasteiger partial charge in [-0.2, -0.15) is 0 Å². The van der Waals surface area contributed by atoms with Crippen LogP contribution in [0.5, 0.6) is 0 Å². The zero-order chi connectivity index (χ0) is 19.4. The van der Waals surface area contributed by atoms with Gasteiger partial charge in [0.2, 0.25) is 0 Å². The van der Waals surface area contributed by atoms with Gasteiger partial charge < -0.3 is 5.32 Å². The van der Waals surface area contributed by atoms with Crippen molar-refractivity contribution < 1.29 is 14.8 Å². The van der Waals surface area contributed by atoms with Crippen LogP contribution >= 0.6 is 11.3 Å². The molecule has 136 valence electrons. The van der Waals surface area contributed by atoms with Gasteiger partial charge in [0.25, 0.3) is 11.8 Å². The van der Waals surface area contributed by atoms with E-state index in [1.54, 1.807) is 29.7 Å². The van der Waals surface area contributed by atoms with Gasteiger partial charge in [-0.15, -0.1) is 11.3 Å². The first-order chi connectivity index (χ1) is 12.9. The molecular weight excluding hydrogens is 360 g/mol. The third-order valence-electron chi connectivity index (χ3n) is 3.84. The Morgan fingerprint density at radius 2 is 1.74 bits per heavy atom. The Kier molecular flexibility index (Phi) is 5.26. The van der Waals surface area contributed by atoms with Gasteiger partial charge in [0.05, 0.1) is 10.4 Å². The highest BCUT2D eigenvalue weighted by Gasteiger charge is 2.20. The molecule has 2 aromatic carbocycles. The minimum atomic E-state index is -0.728. The molecule has 0 saturated carbocycles. The van der Waals surface area contributed by atoms with Crippen LogP contribution in [0.25, 0.3) is 10.1 Å². The molecule has 6 heteroatoms. The number of nitrogens with one attached hydrogen (secondary N) is 2. The molecule has 27 heavy (non-hydrogen) atoms. The number of amides is 2. The molecule has 0 aliphatic carbocycles. The fourth-order valence-electron chi connectivity index (χ4n) is 2.47. The van der Waals surface area contributed by atoms with Crippen LogP contribution in [0.2, 0.25) is 0 Å². The lowest BCUT2D eigenvalue weighted by atomic mass is 10.0. The minimum Gasteiger partial charge on any atom is -0.336 e. The summed E-state index contributed by atoms with van der Waals surface area (Å²) < 4.78 is 1.07. The van der Waals surface area contributed by atoms with Crippen molar-refractivity contribution in [3.05, 3.63) is 70.6 Å². The summed E-state index contributed by atoms with van der Waals surface area (Å²) >= 11 is 1.45. The van der Waals surface area contributed by atoms with Gasteiger partial charge in [0.1, 0.15) is 0 Å². The first kappa shape index (κ1) is 18.6. The number of rotatable bonds is 3. The molecule has 0 atom stereocenters. The summed E-state index contributed by atoms with van der Waals surface area (Å²) in [4.78, 5) is 24.5. The van der Waals surface area contributed by atoms with Crippen LogP contribution in [0.3, 0.4) is 0 Å². The number of benzene rings is 2.